The van der Waals surface area contributed by atoms with E-state index in [1.807, 2.05) is 0 Å². The zero-order valence-corrected chi connectivity index (χ0v) is 8.53. The van der Waals surface area contributed by atoms with Crippen molar-refractivity contribution in [3.8, 4) is 0 Å². The van der Waals surface area contributed by atoms with Crippen LogP contribution in [0.2, 0.25) is 0 Å². The first-order valence-electron chi connectivity index (χ1n) is 1.89. The van der Waals surface area contributed by atoms with Crippen LogP contribution in [-0.2, 0) is 45.0 Å². The molecule has 0 saturated carbocycles. The largest absolute Gasteiger partial charge is 4.00 e. The molecule has 13 heteroatoms. The molecule has 0 radical (unpaired) electrons. The van der Waals surface area contributed by atoms with Gasteiger partial charge in [-0.25, -0.2) is 0 Å². The fourth-order valence-electron chi connectivity index (χ4n) is 0. The zero-order valence-electron chi connectivity index (χ0n) is 6.08. The molecule has 0 saturated heterocycles. The van der Waals surface area contributed by atoms with Crippen LogP contribution in [0.3, 0.4) is 0 Å². The summed E-state index contributed by atoms with van der Waals surface area (Å²) in [5, 5.41) is 33.0. The minimum absolute atomic E-state index is 0. The summed E-state index contributed by atoms with van der Waals surface area (Å²) in [5.74, 6) is 0. The van der Waals surface area contributed by atoms with Crippen LogP contribution >= 0.6 is 0 Å². The van der Waals surface area contributed by atoms with E-state index in [-0.39, 0.29) is 26.2 Å². The van der Waals surface area contributed by atoms with Crippen LogP contribution in [-0.4, -0.2) is 29.4 Å². The molecule has 0 bridgehead atoms. The second kappa shape index (κ2) is 102. The van der Waals surface area contributed by atoms with Gasteiger partial charge in [-0.15, -0.1) is 0 Å². The van der Waals surface area contributed by atoms with Crippen LogP contribution in [0.4, 0.5) is 0 Å². The molecule has 0 unspecified atom stereocenters. The van der Waals surface area contributed by atoms with Gasteiger partial charge in [0.25, 0.3) is 0 Å². The van der Waals surface area contributed by atoms with Crippen molar-refractivity contribution in [1.82, 2.24) is 0 Å². The molecular formula is B4O8Zr. The first-order chi connectivity index (χ1) is 5.66. The molecule has 0 N–H and O–H groups in total. The Bertz CT molecular complexity index is 70.1. The van der Waals surface area contributed by atoms with Gasteiger partial charge in [-0.05, 0) is 0 Å². The van der Waals surface area contributed by atoms with Crippen LogP contribution in [0.25, 0.3) is 0 Å². The van der Waals surface area contributed by atoms with Crippen molar-refractivity contribution in [3.05, 3.63) is 0 Å². The molecule has 8 nitrogen and oxygen atoms in total. The van der Waals surface area contributed by atoms with E-state index in [1.165, 1.54) is 0 Å². The Hall–Kier alpha value is -0.457. The van der Waals surface area contributed by atoms with Gasteiger partial charge in [0.15, 0.2) is 0 Å². The maximum Gasteiger partial charge on any atom is 4.00 e. The molecule has 0 amide bonds. The maximum atomic E-state index is 8.25. The molecule has 0 aromatic rings. The van der Waals surface area contributed by atoms with Gasteiger partial charge in [0.05, 0.1) is 0 Å². The summed E-state index contributed by atoms with van der Waals surface area (Å²) >= 11 is 0. The van der Waals surface area contributed by atoms with Crippen molar-refractivity contribution in [2.45, 2.75) is 0 Å². The maximum absolute atomic E-state index is 8.25. The van der Waals surface area contributed by atoms with Crippen molar-refractivity contribution >= 4 is 29.4 Å². The van der Waals surface area contributed by atoms with Crippen molar-refractivity contribution in [2.24, 2.45) is 0 Å². The van der Waals surface area contributed by atoms with Gasteiger partial charge < -0.3 is 0 Å². The third-order valence-corrected chi connectivity index (χ3v) is 0. The number of rotatable bonds is 0. The van der Waals surface area contributed by atoms with Gasteiger partial charge in [0.2, 0.25) is 0 Å². The van der Waals surface area contributed by atoms with Crippen molar-refractivity contribution < 1.29 is 65.1 Å². The Morgan fingerprint density at radius 3 is 0.538 bits per heavy atom. The molecule has 0 aliphatic heterocycles. The summed E-state index contributed by atoms with van der Waals surface area (Å²) in [4.78, 5) is 0. The van der Waals surface area contributed by atoms with Gasteiger partial charge >= 0.3 is 94.5 Å². The average Bonchev–Trinajstić information content (AvgIpc) is 1.92. The van der Waals surface area contributed by atoms with Gasteiger partial charge in [-0.3, -0.25) is 0 Å². The molecule has 0 aliphatic rings. The molecule has 0 heterocycles. The first-order valence-corrected chi connectivity index (χ1v) is 1.89. The molecule has 13 heavy (non-hydrogen) atoms. The molecular weight excluding hydrogens is 262 g/mol. The Kier molecular flexibility index (Phi) is 231. The van der Waals surface area contributed by atoms with E-state index in [9.17, 15) is 0 Å². The van der Waals surface area contributed by atoms with E-state index < -0.39 is 29.4 Å². The second-order valence-corrected chi connectivity index (χ2v) is 0.385. The minimum atomic E-state index is -0.500. The topological polar surface area (TPSA) is 161 Å². The normalized spacial score (nSPS) is 2.46. The average molecular weight is 262 g/mol. The van der Waals surface area contributed by atoms with Crippen LogP contribution in [0.1, 0.15) is 0 Å². The number of hydrogen-bond acceptors (Lipinski definition) is 8. The van der Waals surface area contributed by atoms with Crippen molar-refractivity contribution in [3.63, 3.8) is 0 Å². The quantitative estimate of drug-likeness (QED) is 0.389. The summed E-state index contributed by atoms with van der Waals surface area (Å²) in [7, 11) is -2.00. The summed E-state index contributed by atoms with van der Waals surface area (Å²) in [6, 6.07) is 0. The van der Waals surface area contributed by atoms with E-state index in [4.69, 9.17) is 38.9 Å². The van der Waals surface area contributed by atoms with Crippen molar-refractivity contribution in [2.75, 3.05) is 0 Å². The van der Waals surface area contributed by atoms with Gasteiger partial charge in [0, 0.05) is 0 Å². The predicted octanol–water partition coefficient (Wildman–Crippen LogP) is -6.76. The number of hydrogen-bond donors (Lipinski definition) is 0. The molecule has 0 atom stereocenters. The van der Waals surface area contributed by atoms with Gasteiger partial charge in [-0.2, -0.15) is 0 Å². The Labute approximate surface area is 94.6 Å². The summed E-state index contributed by atoms with van der Waals surface area (Å²) in [5.41, 5.74) is 0. The smallest absolute Gasteiger partial charge is 4.00 e. The van der Waals surface area contributed by atoms with Gasteiger partial charge in [-0.1, -0.05) is 0 Å². The first kappa shape index (κ1) is 29.4. The Morgan fingerprint density at radius 1 is 0.538 bits per heavy atom. The van der Waals surface area contributed by atoms with Crippen LogP contribution in [0, 0.1) is 0 Å². The molecule has 0 rings (SSSR count). The molecule has 64 valence electrons. The summed E-state index contributed by atoms with van der Waals surface area (Å²) in [6.07, 6.45) is 0. The summed E-state index contributed by atoms with van der Waals surface area (Å²) in [6.45, 7) is 0. The molecule has 0 aromatic carbocycles. The van der Waals surface area contributed by atoms with E-state index >= 15 is 0 Å². The van der Waals surface area contributed by atoms with Gasteiger partial charge in [0.1, 0.15) is 0 Å². The molecule has 0 fully saturated rings. The SMILES string of the molecule is O=B[O-].O=B[O-].O=B[O-].O=B[O-].[Zr+4]. The molecule has 0 aromatic heterocycles. The molecule has 0 spiro atoms. The van der Waals surface area contributed by atoms with E-state index in [0.717, 1.165) is 0 Å². The third kappa shape index (κ3) is 5030. The minimum Gasteiger partial charge on any atom is 4.00 e. The predicted molar refractivity (Wildman–Crippen MR) is 25.8 cm³/mol. The Balaban J connectivity index is -0.0000000213. The van der Waals surface area contributed by atoms with E-state index in [1.54, 1.807) is 0 Å². The van der Waals surface area contributed by atoms with Crippen LogP contribution < -0.4 is 20.1 Å². The second-order valence-electron chi connectivity index (χ2n) is 0.385. The summed E-state index contributed by atoms with van der Waals surface area (Å²) < 4.78 is 33.0. The standard InChI is InChI=1S/4BO2.Zr/c4*2-1-3;/q4*-1;+4. The monoisotopic (exact) mass is 262 g/mol. The van der Waals surface area contributed by atoms with E-state index in [2.05, 4.69) is 0 Å². The fourth-order valence-corrected chi connectivity index (χ4v) is 0. The third-order valence-electron chi connectivity index (χ3n) is 0. The zero-order chi connectivity index (χ0) is 10.8. The van der Waals surface area contributed by atoms with Crippen molar-refractivity contribution in [1.29, 1.82) is 0 Å². The van der Waals surface area contributed by atoms with Crippen LogP contribution in [0.5, 0.6) is 0 Å². The van der Waals surface area contributed by atoms with E-state index in [0.29, 0.717) is 0 Å². The fraction of sp³-hybridized carbons (Fsp3) is 0. The Morgan fingerprint density at radius 2 is 0.538 bits per heavy atom. The molecule has 0 aliphatic carbocycles. The van der Waals surface area contributed by atoms with Crippen LogP contribution in [0.15, 0.2) is 0 Å².